The Morgan fingerprint density at radius 1 is 1.13 bits per heavy atom. The summed E-state index contributed by atoms with van der Waals surface area (Å²) < 4.78 is 0. The second-order valence-electron chi connectivity index (χ2n) is 4.41. The lowest BCUT2D eigenvalue weighted by molar-refractivity contribution is 0.613. The largest absolute Gasteiger partial charge is 0.316 e. The molecule has 2 rings (SSSR count). The number of benzene rings is 1. The molecule has 80 valence electrons. The topological polar surface area (TPSA) is 12.0 Å². The van der Waals surface area contributed by atoms with Crippen molar-refractivity contribution in [2.45, 2.75) is 26.7 Å². The average Bonchev–Trinajstić information content (AvgIpc) is 2.25. The fourth-order valence-corrected chi connectivity index (χ4v) is 2.03. The molecule has 1 aliphatic heterocycles. The van der Waals surface area contributed by atoms with E-state index in [1.165, 1.54) is 29.5 Å². The lowest BCUT2D eigenvalue weighted by Crippen LogP contribution is -2.22. The van der Waals surface area contributed by atoms with E-state index in [1.807, 2.05) is 0 Å². The van der Waals surface area contributed by atoms with Crippen molar-refractivity contribution < 1.29 is 0 Å². The molecule has 0 amide bonds. The van der Waals surface area contributed by atoms with Crippen LogP contribution >= 0.6 is 0 Å². The first-order valence-corrected chi connectivity index (χ1v) is 5.73. The zero-order valence-corrected chi connectivity index (χ0v) is 9.64. The number of aryl methyl sites for hydroxylation is 2. The van der Waals surface area contributed by atoms with E-state index in [2.05, 4.69) is 43.4 Å². The van der Waals surface area contributed by atoms with E-state index < -0.39 is 0 Å². The summed E-state index contributed by atoms with van der Waals surface area (Å²) in [5, 5.41) is 3.39. The highest BCUT2D eigenvalue weighted by atomic mass is 14.9. The molecular formula is C14H19N. The Kier molecular flexibility index (Phi) is 3.22. The van der Waals surface area contributed by atoms with Crippen LogP contribution in [-0.4, -0.2) is 13.1 Å². The van der Waals surface area contributed by atoms with Crippen LogP contribution in [0.15, 0.2) is 23.8 Å². The summed E-state index contributed by atoms with van der Waals surface area (Å²) in [6.07, 6.45) is 4.78. The number of nitrogens with one attached hydrogen (secondary N) is 1. The Balaban J connectivity index is 2.25. The van der Waals surface area contributed by atoms with Gasteiger partial charge in [-0.05, 0) is 50.9 Å². The Morgan fingerprint density at radius 3 is 2.60 bits per heavy atom. The molecule has 1 nitrogen and oxygen atoms in total. The van der Waals surface area contributed by atoms with Gasteiger partial charge >= 0.3 is 0 Å². The molecule has 1 N–H and O–H groups in total. The first kappa shape index (κ1) is 10.4. The molecule has 1 heteroatoms. The van der Waals surface area contributed by atoms with Gasteiger partial charge in [0.2, 0.25) is 0 Å². The van der Waals surface area contributed by atoms with Crippen molar-refractivity contribution in [2.24, 2.45) is 0 Å². The van der Waals surface area contributed by atoms with E-state index in [1.54, 1.807) is 5.57 Å². The van der Waals surface area contributed by atoms with Gasteiger partial charge in [0.05, 0.1) is 0 Å². The van der Waals surface area contributed by atoms with E-state index in [0.29, 0.717) is 0 Å². The standard InChI is InChI=1S/C14H19N/c1-11-3-4-12(2)14(9-11)10-13-5-7-15-8-6-13/h3-4,9-10,15H,5-8H2,1-2H3. The Hall–Kier alpha value is -1.08. The molecule has 1 aliphatic rings. The number of hydrogen-bond donors (Lipinski definition) is 1. The van der Waals surface area contributed by atoms with Crippen LogP contribution in [0.2, 0.25) is 0 Å². The van der Waals surface area contributed by atoms with Crippen LogP contribution in [0.25, 0.3) is 6.08 Å². The van der Waals surface area contributed by atoms with Gasteiger partial charge in [-0.2, -0.15) is 0 Å². The fraction of sp³-hybridized carbons (Fsp3) is 0.429. The van der Waals surface area contributed by atoms with Crippen molar-refractivity contribution >= 4 is 6.08 Å². The van der Waals surface area contributed by atoms with Crippen LogP contribution in [-0.2, 0) is 0 Å². The molecule has 0 aromatic heterocycles. The quantitative estimate of drug-likeness (QED) is 0.736. The summed E-state index contributed by atoms with van der Waals surface area (Å²) in [6.45, 7) is 6.62. The van der Waals surface area contributed by atoms with Gasteiger partial charge in [-0.15, -0.1) is 0 Å². The third-order valence-corrected chi connectivity index (χ3v) is 3.04. The zero-order valence-electron chi connectivity index (χ0n) is 9.64. The van der Waals surface area contributed by atoms with Gasteiger partial charge in [0.1, 0.15) is 0 Å². The Morgan fingerprint density at radius 2 is 1.87 bits per heavy atom. The highest BCUT2D eigenvalue weighted by molar-refractivity contribution is 5.57. The van der Waals surface area contributed by atoms with Gasteiger partial charge in [0, 0.05) is 0 Å². The van der Waals surface area contributed by atoms with E-state index in [4.69, 9.17) is 0 Å². The number of piperidine rings is 1. The van der Waals surface area contributed by atoms with Crippen LogP contribution in [0, 0.1) is 13.8 Å². The molecule has 0 radical (unpaired) electrons. The molecule has 0 spiro atoms. The lowest BCUT2D eigenvalue weighted by atomic mass is 9.98. The molecule has 1 aromatic rings. The summed E-state index contributed by atoms with van der Waals surface area (Å²) in [4.78, 5) is 0. The van der Waals surface area contributed by atoms with Crippen molar-refractivity contribution in [3.05, 3.63) is 40.5 Å². The van der Waals surface area contributed by atoms with Crippen molar-refractivity contribution in [2.75, 3.05) is 13.1 Å². The maximum atomic E-state index is 3.39. The lowest BCUT2D eigenvalue weighted by Gasteiger charge is -2.15. The monoisotopic (exact) mass is 201 g/mol. The maximum absolute atomic E-state index is 3.39. The van der Waals surface area contributed by atoms with Gasteiger partial charge in [-0.25, -0.2) is 0 Å². The Bertz CT molecular complexity index is 369. The molecule has 1 heterocycles. The molecule has 1 aromatic carbocycles. The molecular weight excluding hydrogens is 182 g/mol. The highest BCUT2D eigenvalue weighted by Gasteiger charge is 2.05. The molecule has 0 atom stereocenters. The van der Waals surface area contributed by atoms with Gasteiger partial charge in [0.15, 0.2) is 0 Å². The first-order valence-electron chi connectivity index (χ1n) is 5.73. The van der Waals surface area contributed by atoms with Crippen LogP contribution in [0.5, 0.6) is 0 Å². The van der Waals surface area contributed by atoms with Crippen molar-refractivity contribution in [3.8, 4) is 0 Å². The molecule has 0 saturated carbocycles. The first-order chi connectivity index (χ1) is 7.25. The van der Waals surface area contributed by atoms with Gasteiger partial charge in [0.25, 0.3) is 0 Å². The summed E-state index contributed by atoms with van der Waals surface area (Å²) in [5.74, 6) is 0. The third kappa shape index (κ3) is 2.69. The summed E-state index contributed by atoms with van der Waals surface area (Å²) in [5.41, 5.74) is 5.71. The summed E-state index contributed by atoms with van der Waals surface area (Å²) >= 11 is 0. The second-order valence-corrected chi connectivity index (χ2v) is 4.41. The van der Waals surface area contributed by atoms with E-state index in [9.17, 15) is 0 Å². The highest BCUT2D eigenvalue weighted by Crippen LogP contribution is 2.18. The predicted molar refractivity (Wildman–Crippen MR) is 66.0 cm³/mol. The van der Waals surface area contributed by atoms with E-state index in [-0.39, 0.29) is 0 Å². The maximum Gasteiger partial charge on any atom is -0.00113 e. The van der Waals surface area contributed by atoms with Gasteiger partial charge < -0.3 is 5.32 Å². The molecule has 0 bridgehead atoms. The molecule has 1 fully saturated rings. The van der Waals surface area contributed by atoms with Gasteiger partial charge in [-0.3, -0.25) is 0 Å². The zero-order chi connectivity index (χ0) is 10.7. The minimum Gasteiger partial charge on any atom is -0.316 e. The van der Waals surface area contributed by atoms with Crippen LogP contribution in [0.4, 0.5) is 0 Å². The Labute approximate surface area is 92.2 Å². The smallest absolute Gasteiger partial charge is 0.00113 e. The second kappa shape index (κ2) is 4.63. The van der Waals surface area contributed by atoms with Crippen molar-refractivity contribution in [1.82, 2.24) is 5.32 Å². The number of rotatable bonds is 1. The SMILES string of the molecule is Cc1ccc(C)c(C=C2CCNCC2)c1. The molecule has 15 heavy (non-hydrogen) atoms. The van der Waals surface area contributed by atoms with E-state index in [0.717, 1.165) is 13.1 Å². The van der Waals surface area contributed by atoms with Crippen LogP contribution in [0.1, 0.15) is 29.5 Å². The van der Waals surface area contributed by atoms with E-state index >= 15 is 0 Å². The molecule has 1 saturated heterocycles. The predicted octanol–water partition coefficient (Wildman–Crippen LogP) is 3.07. The van der Waals surface area contributed by atoms with Crippen LogP contribution in [0.3, 0.4) is 0 Å². The summed E-state index contributed by atoms with van der Waals surface area (Å²) in [6, 6.07) is 6.67. The normalized spacial score (nSPS) is 16.5. The van der Waals surface area contributed by atoms with Gasteiger partial charge in [-0.1, -0.05) is 35.4 Å². The minimum atomic E-state index is 1.14. The summed E-state index contributed by atoms with van der Waals surface area (Å²) in [7, 11) is 0. The number of hydrogen-bond acceptors (Lipinski definition) is 1. The minimum absolute atomic E-state index is 1.14. The third-order valence-electron chi connectivity index (χ3n) is 3.04. The fourth-order valence-electron chi connectivity index (χ4n) is 2.03. The molecule has 0 unspecified atom stereocenters. The van der Waals surface area contributed by atoms with Crippen molar-refractivity contribution in [1.29, 1.82) is 0 Å². The van der Waals surface area contributed by atoms with Crippen LogP contribution < -0.4 is 5.32 Å². The molecule has 0 aliphatic carbocycles. The average molecular weight is 201 g/mol. The van der Waals surface area contributed by atoms with Crippen molar-refractivity contribution in [3.63, 3.8) is 0 Å².